The molecule has 0 atom stereocenters. The van der Waals surface area contributed by atoms with E-state index in [1.165, 1.54) is 24.3 Å². The number of nitrogens with zero attached hydrogens (tertiary/aromatic N) is 1. The first-order valence-corrected chi connectivity index (χ1v) is 4.35. The van der Waals surface area contributed by atoms with Crippen LogP contribution in [0.4, 0.5) is 0 Å². The van der Waals surface area contributed by atoms with Crippen LogP contribution in [0, 0.1) is 0 Å². The molecule has 1 aromatic carbocycles. The number of hydrogen-bond donors (Lipinski definition) is 1. The van der Waals surface area contributed by atoms with Gasteiger partial charge < -0.3 is 9.94 Å². The van der Waals surface area contributed by atoms with Gasteiger partial charge in [0.25, 0.3) is 5.78 Å². The lowest BCUT2D eigenvalue weighted by Crippen LogP contribution is -2.20. The van der Waals surface area contributed by atoms with Crippen molar-refractivity contribution >= 4 is 35.3 Å². The summed E-state index contributed by atoms with van der Waals surface area (Å²) in [4.78, 5) is 26.4. The Morgan fingerprint density at radius 3 is 2.20 bits per heavy atom. The van der Waals surface area contributed by atoms with Gasteiger partial charge in [0.15, 0.2) is 0 Å². The van der Waals surface area contributed by atoms with Crippen LogP contribution in [0.5, 0.6) is 5.75 Å². The second-order valence-corrected chi connectivity index (χ2v) is 3.24. The fraction of sp³-hybridized carbons (Fsp3) is 0. The number of halogens is 2. The Morgan fingerprint density at radius 1 is 1.20 bits per heavy atom. The highest BCUT2D eigenvalue weighted by Crippen LogP contribution is 2.11. The molecule has 0 saturated carbocycles. The zero-order chi connectivity index (χ0) is 11.4. The van der Waals surface area contributed by atoms with Crippen molar-refractivity contribution in [2.24, 2.45) is 0 Å². The first-order chi connectivity index (χ1) is 7.00. The molecule has 1 N–H and O–H groups in total. The summed E-state index contributed by atoms with van der Waals surface area (Å²) in [6.07, 6.45) is 0. The van der Waals surface area contributed by atoms with Crippen LogP contribution in [0.15, 0.2) is 24.3 Å². The molecule has 0 aliphatic rings. The van der Waals surface area contributed by atoms with Crippen molar-refractivity contribution in [1.29, 1.82) is 0 Å². The zero-order valence-electron chi connectivity index (χ0n) is 7.18. The van der Waals surface area contributed by atoms with Crippen molar-refractivity contribution in [1.82, 2.24) is 4.10 Å². The summed E-state index contributed by atoms with van der Waals surface area (Å²) in [6, 6.07) is 5.07. The maximum Gasteiger partial charge on any atom is 0.400 e. The quantitative estimate of drug-likeness (QED) is 0.382. The summed E-state index contributed by atoms with van der Waals surface area (Å²) in [5.74, 6) is -2.15. The number of rotatable bonds is 3. The molecule has 0 aromatic heterocycles. The van der Waals surface area contributed by atoms with E-state index >= 15 is 0 Å². The molecule has 0 fully saturated rings. The monoisotopic (exact) mass is 249 g/mol. The summed E-state index contributed by atoms with van der Waals surface area (Å²) >= 11 is 9.99. The molecule has 0 aliphatic carbocycles. The Labute approximate surface area is 94.9 Å². The Morgan fingerprint density at radius 2 is 1.73 bits per heavy atom. The Hall–Kier alpha value is -1.30. The van der Waals surface area contributed by atoms with Gasteiger partial charge in [-0.1, -0.05) is 0 Å². The summed E-state index contributed by atoms with van der Waals surface area (Å²) in [5.41, 5.74) is 0.0629. The third-order valence-electron chi connectivity index (χ3n) is 1.47. The van der Waals surface area contributed by atoms with E-state index in [9.17, 15) is 9.59 Å². The number of phenols is 1. The number of Topliss-reactive ketones (excluding diaryl/α,β-unsaturated/α-hetero) is 1. The molecule has 0 heterocycles. The molecule has 0 radical (unpaired) electrons. The summed E-state index contributed by atoms with van der Waals surface area (Å²) in [5, 5.41) is 8.94. The van der Waals surface area contributed by atoms with E-state index in [0.29, 0.717) is 0 Å². The highest BCUT2D eigenvalue weighted by atomic mass is 35.5. The lowest BCUT2D eigenvalue weighted by molar-refractivity contribution is -0.151. The largest absolute Gasteiger partial charge is 0.508 e. The second kappa shape index (κ2) is 4.97. The van der Waals surface area contributed by atoms with Gasteiger partial charge in [0.05, 0.1) is 0 Å². The standard InChI is InChI=1S/C8H5Cl2NO4/c9-11(10)15-8(14)7(13)5-1-3-6(12)4-2-5/h1-4,12H. The smallest absolute Gasteiger partial charge is 0.400 e. The fourth-order valence-electron chi connectivity index (χ4n) is 0.835. The van der Waals surface area contributed by atoms with E-state index in [-0.39, 0.29) is 15.4 Å². The normalized spacial score (nSPS) is 10.1. The molecule has 80 valence electrons. The first kappa shape index (κ1) is 11.8. The molecule has 0 unspecified atom stereocenters. The van der Waals surface area contributed by atoms with Crippen LogP contribution in [0.3, 0.4) is 0 Å². The van der Waals surface area contributed by atoms with Crippen molar-refractivity contribution < 1.29 is 19.5 Å². The zero-order valence-corrected chi connectivity index (χ0v) is 8.70. The highest BCUT2D eigenvalue weighted by molar-refractivity contribution is 6.42. The van der Waals surface area contributed by atoms with Crippen molar-refractivity contribution in [3.05, 3.63) is 29.8 Å². The van der Waals surface area contributed by atoms with Crippen LogP contribution < -0.4 is 0 Å². The van der Waals surface area contributed by atoms with Crippen LogP contribution in [-0.4, -0.2) is 21.0 Å². The molecule has 5 nitrogen and oxygen atoms in total. The third-order valence-corrected chi connectivity index (χ3v) is 1.60. The molecular weight excluding hydrogens is 245 g/mol. The lowest BCUT2D eigenvalue weighted by Gasteiger charge is -2.03. The maximum absolute atomic E-state index is 11.3. The molecule has 0 spiro atoms. The second-order valence-electron chi connectivity index (χ2n) is 2.46. The molecule has 1 rings (SSSR count). The topological polar surface area (TPSA) is 66.8 Å². The molecule has 0 saturated heterocycles. The molecule has 7 heteroatoms. The van der Waals surface area contributed by atoms with Gasteiger partial charge in [0, 0.05) is 33.2 Å². The minimum absolute atomic E-state index is 0.0174. The molecule has 1 aromatic rings. The van der Waals surface area contributed by atoms with Gasteiger partial charge in [0.1, 0.15) is 5.75 Å². The average molecular weight is 250 g/mol. The highest BCUT2D eigenvalue weighted by Gasteiger charge is 2.20. The number of phenolic OH excluding ortho intramolecular Hbond substituents is 1. The Kier molecular flexibility index (Phi) is 3.90. The molecule has 0 amide bonds. The van der Waals surface area contributed by atoms with E-state index in [0.717, 1.165) is 0 Å². The predicted molar refractivity (Wildman–Crippen MR) is 52.1 cm³/mol. The lowest BCUT2D eigenvalue weighted by atomic mass is 10.1. The number of aromatic hydroxyl groups is 1. The molecule has 0 aliphatic heterocycles. The van der Waals surface area contributed by atoms with Gasteiger partial charge in [-0.05, 0) is 24.3 Å². The van der Waals surface area contributed by atoms with Crippen molar-refractivity contribution in [2.45, 2.75) is 0 Å². The van der Waals surface area contributed by atoms with E-state index in [1.54, 1.807) is 0 Å². The molecular formula is C8H5Cl2NO4. The minimum atomic E-state index is -1.22. The van der Waals surface area contributed by atoms with Crippen molar-refractivity contribution in [3.8, 4) is 5.75 Å². The first-order valence-electron chi connectivity index (χ1n) is 3.68. The Bertz CT molecular complexity index is 377. The number of carbonyl (C=O) groups is 2. The Balaban J connectivity index is 2.76. The van der Waals surface area contributed by atoms with E-state index in [4.69, 9.17) is 28.7 Å². The van der Waals surface area contributed by atoms with E-state index in [2.05, 4.69) is 4.84 Å². The third kappa shape index (κ3) is 3.39. The summed E-state index contributed by atoms with van der Waals surface area (Å²) in [7, 11) is 0. The van der Waals surface area contributed by atoms with Crippen LogP contribution in [0.25, 0.3) is 0 Å². The van der Waals surface area contributed by atoms with Gasteiger partial charge in [-0.2, -0.15) is 0 Å². The van der Waals surface area contributed by atoms with Gasteiger partial charge >= 0.3 is 5.97 Å². The van der Waals surface area contributed by atoms with Crippen LogP contribution in [0.1, 0.15) is 10.4 Å². The molecule has 0 bridgehead atoms. The number of ketones is 1. The minimum Gasteiger partial charge on any atom is -0.508 e. The van der Waals surface area contributed by atoms with Crippen molar-refractivity contribution in [3.63, 3.8) is 0 Å². The number of hydrogen-bond acceptors (Lipinski definition) is 5. The van der Waals surface area contributed by atoms with E-state index in [1.807, 2.05) is 0 Å². The molecule has 15 heavy (non-hydrogen) atoms. The van der Waals surface area contributed by atoms with Crippen LogP contribution >= 0.6 is 23.6 Å². The van der Waals surface area contributed by atoms with Gasteiger partial charge in [-0.3, -0.25) is 4.79 Å². The number of benzene rings is 1. The van der Waals surface area contributed by atoms with Gasteiger partial charge in [-0.15, -0.1) is 0 Å². The van der Waals surface area contributed by atoms with Gasteiger partial charge in [-0.25, -0.2) is 4.79 Å². The summed E-state index contributed by atoms with van der Waals surface area (Å²) in [6.45, 7) is 0. The van der Waals surface area contributed by atoms with Crippen molar-refractivity contribution in [2.75, 3.05) is 0 Å². The maximum atomic E-state index is 11.3. The fourth-order valence-corrected chi connectivity index (χ4v) is 0.960. The average Bonchev–Trinajstić information content (AvgIpc) is 2.17. The number of carbonyl (C=O) groups excluding carboxylic acids is 2. The van der Waals surface area contributed by atoms with Crippen LogP contribution in [0.2, 0.25) is 0 Å². The van der Waals surface area contributed by atoms with Gasteiger partial charge in [0.2, 0.25) is 0 Å². The van der Waals surface area contributed by atoms with E-state index < -0.39 is 11.8 Å². The summed E-state index contributed by atoms with van der Waals surface area (Å²) < 4.78 is 0.0840. The van der Waals surface area contributed by atoms with Crippen LogP contribution in [-0.2, 0) is 9.63 Å². The SMILES string of the molecule is O=C(ON(Cl)Cl)C(=O)c1ccc(O)cc1. The predicted octanol–water partition coefficient (Wildman–Crippen LogP) is 1.64.